The van der Waals surface area contributed by atoms with Crippen molar-refractivity contribution < 1.29 is 0 Å². The number of aryl methyl sites for hydroxylation is 1. The van der Waals surface area contributed by atoms with Gasteiger partial charge in [0, 0.05) is 13.2 Å². The molecule has 6 nitrogen and oxygen atoms in total. The molecule has 84 valence electrons. The summed E-state index contributed by atoms with van der Waals surface area (Å²) in [4.78, 5) is 7.77. The summed E-state index contributed by atoms with van der Waals surface area (Å²) in [6, 6.07) is 1.91. The van der Waals surface area contributed by atoms with Gasteiger partial charge in [-0.3, -0.25) is 4.68 Å². The van der Waals surface area contributed by atoms with Crippen LogP contribution < -0.4 is 11.1 Å². The van der Waals surface area contributed by atoms with Gasteiger partial charge in [0.25, 0.3) is 0 Å². The maximum absolute atomic E-state index is 5.93. The van der Waals surface area contributed by atoms with Crippen molar-refractivity contribution in [3.05, 3.63) is 29.3 Å². The smallest absolute Gasteiger partial charge is 0.150 e. The van der Waals surface area contributed by atoms with Crippen molar-refractivity contribution in [1.29, 1.82) is 0 Å². The van der Waals surface area contributed by atoms with Gasteiger partial charge in [0.2, 0.25) is 0 Å². The van der Waals surface area contributed by atoms with Gasteiger partial charge in [-0.15, -0.1) is 0 Å². The van der Waals surface area contributed by atoms with Crippen LogP contribution in [0.2, 0.25) is 5.02 Å². The number of aromatic nitrogens is 4. The molecule has 3 N–H and O–H groups in total. The molecule has 0 aliphatic heterocycles. The Labute approximate surface area is 97.5 Å². The van der Waals surface area contributed by atoms with E-state index in [1.807, 2.05) is 19.3 Å². The first-order valence-electron chi connectivity index (χ1n) is 4.65. The van der Waals surface area contributed by atoms with E-state index in [2.05, 4.69) is 20.4 Å². The maximum atomic E-state index is 5.93. The van der Waals surface area contributed by atoms with E-state index in [0.29, 0.717) is 17.4 Å². The number of hydrogen-bond donors (Lipinski definition) is 2. The van der Waals surface area contributed by atoms with Crippen LogP contribution in [0.1, 0.15) is 5.69 Å². The van der Waals surface area contributed by atoms with Crippen LogP contribution in [-0.2, 0) is 13.6 Å². The molecule has 7 heteroatoms. The van der Waals surface area contributed by atoms with Crippen LogP contribution in [0.15, 0.2) is 18.6 Å². The fourth-order valence-corrected chi connectivity index (χ4v) is 1.40. The minimum Gasteiger partial charge on any atom is -0.382 e. The molecule has 0 atom stereocenters. The first-order valence-corrected chi connectivity index (χ1v) is 5.03. The minimum absolute atomic E-state index is 0.264. The van der Waals surface area contributed by atoms with E-state index in [1.54, 1.807) is 4.68 Å². The largest absolute Gasteiger partial charge is 0.382 e. The minimum atomic E-state index is 0.264. The monoisotopic (exact) mass is 238 g/mol. The van der Waals surface area contributed by atoms with E-state index in [0.717, 1.165) is 5.69 Å². The summed E-state index contributed by atoms with van der Waals surface area (Å²) in [5.74, 6) is 0.778. The van der Waals surface area contributed by atoms with Crippen LogP contribution in [0.5, 0.6) is 0 Å². The van der Waals surface area contributed by atoms with Crippen molar-refractivity contribution in [2.24, 2.45) is 7.05 Å². The van der Waals surface area contributed by atoms with Gasteiger partial charge in [0.15, 0.2) is 5.82 Å². The predicted octanol–water partition coefficient (Wildman–Crippen LogP) is 1.06. The molecular weight excluding hydrogens is 228 g/mol. The normalized spacial score (nSPS) is 10.4. The molecule has 0 saturated carbocycles. The lowest BCUT2D eigenvalue weighted by atomic mass is 10.4. The van der Waals surface area contributed by atoms with Gasteiger partial charge >= 0.3 is 0 Å². The van der Waals surface area contributed by atoms with Crippen LogP contribution in [0, 0.1) is 0 Å². The zero-order valence-electron chi connectivity index (χ0n) is 8.68. The molecule has 2 heterocycles. The highest BCUT2D eigenvalue weighted by atomic mass is 35.5. The van der Waals surface area contributed by atoms with E-state index in [-0.39, 0.29) is 5.82 Å². The van der Waals surface area contributed by atoms with Crippen molar-refractivity contribution in [2.45, 2.75) is 6.54 Å². The molecule has 16 heavy (non-hydrogen) atoms. The lowest BCUT2D eigenvalue weighted by Gasteiger charge is -2.06. The number of nitrogens with one attached hydrogen (secondary N) is 1. The van der Waals surface area contributed by atoms with E-state index in [1.165, 1.54) is 6.33 Å². The molecule has 0 radical (unpaired) electrons. The third kappa shape index (κ3) is 2.22. The fourth-order valence-electron chi connectivity index (χ4n) is 1.24. The van der Waals surface area contributed by atoms with Crippen molar-refractivity contribution in [3.63, 3.8) is 0 Å². The summed E-state index contributed by atoms with van der Waals surface area (Å²) in [5.41, 5.74) is 6.45. The fraction of sp³-hybridized carbons (Fsp3) is 0.222. The lowest BCUT2D eigenvalue weighted by Crippen LogP contribution is -2.05. The average molecular weight is 239 g/mol. The van der Waals surface area contributed by atoms with Gasteiger partial charge < -0.3 is 11.1 Å². The second-order valence-corrected chi connectivity index (χ2v) is 3.63. The Morgan fingerprint density at radius 2 is 2.31 bits per heavy atom. The van der Waals surface area contributed by atoms with Crippen molar-refractivity contribution >= 4 is 23.2 Å². The van der Waals surface area contributed by atoms with Crippen LogP contribution in [-0.4, -0.2) is 19.7 Å². The van der Waals surface area contributed by atoms with Gasteiger partial charge in [0.1, 0.15) is 17.2 Å². The Bertz CT molecular complexity index is 494. The van der Waals surface area contributed by atoms with E-state index < -0.39 is 0 Å². The van der Waals surface area contributed by atoms with Crippen molar-refractivity contribution in [1.82, 2.24) is 19.7 Å². The molecule has 2 aromatic rings. The summed E-state index contributed by atoms with van der Waals surface area (Å²) < 4.78 is 1.73. The number of hydrogen-bond acceptors (Lipinski definition) is 5. The van der Waals surface area contributed by atoms with E-state index in [4.69, 9.17) is 17.3 Å². The molecule has 0 unspecified atom stereocenters. The molecule has 0 saturated heterocycles. The predicted molar refractivity (Wildman–Crippen MR) is 62.0 cm³/mol. The molecule has 0 aromatic carbocycles. The van der Waals surface area contributed by atoms with Crippen molar-refractivity contribution in [3.8, 4) is 0 Å². The Balaban J connectivity index is 2.07. The lowest BCUT2D eigenvalue weighted by molar-refractivity contribution is 0.747. The van der Waals surface area contributed by atoms with Gasteiger partial charge in [-0.1, -0.05) is 11.6 Å². The molecule has 0 bridgehead atoms. The Hall–Kier alpha value is -1.82. The quantitative estimate of drug-likeness (QED) is 0.836. The number of rotatable bonds is 3. The van der Waals surface area contributed by atoms with Gasteiger partial charge in [-0.25, -0.2) is 9.97 Å². The summed E-state index contributed by atoms with van der Waals surface area (Å²) in [6.45, 7) is 0.539. The molecule has 0 spiro atoms. The first-order chi connectivity index (χ1) is 7.66. The van der Waals surface area contributed by atoms with Crippen molar-refractivity contribution in [2.75, 3.05) is 11.1 Å². The molecule has 2 rings (SSSR count). The third-order valence-corrected chi connectivity index (χ3v) is 2.39. The number of nitrogen functional groups attached to an aromatic ring is 1. The van der Waals surface area contributed by atoms with Crippen LogP contribution in [0.3, 0.4) is 0 Å². The highest BCUT2D eigenvalue weighted by Gasteiger charge is 2.06. The first kappa shape index (κ1) is 10.7. The molecule has 0 amide bonds. The summed E-state index contributed by atoms with van der Waals surface area (Å²) in [6.07, 6.45) is 3.23. The molecule has 0 aliphatic carbocycles. The Morgan fingerprint density at radius 1 is 1.50 bits per heavy atom. The summed E-state index contributed by atoms with van der Waals surface area (Å²) in [5, 5.41) is 7.59. The maximum Gasteiger partial charge on any atom is 0.150 e. The highest BCUT2D eigenvalue weighted by Crippen LogP contribution is 2.23. The summed E-state index contributed by atoms with van der Waals surface area (Å²) >= 11 is 5.93. The number of anilines is 2. The van der Waals surface area contributed by atoms with Crippen LogP contribution in [0.25, 0.3) is 0 Å². The second kappa shape index (κ2) is 4.36. The van der Waals surface area contributed by atoms with E-state index >= 15 is 0 Å². The molecule has 0 fully saturated rings. The topological polar surface area (TPSA) is 81.7 Å². The number of nitrogens with two attached hydrogens (primary N) is 1. The molecule has 0 aliphatic rings. The van der Waals surface area contributed by atoms with Gasteiger partial charge in [-0.05, 0) is 6.07 Å². The van der Waals surface area contributed by atoms with Gasteiger partial charge in [-0.2, -0.15) is 5.10 Å². The zero-order valence-corrected chi connectivity index (χ0v) is 9.44. The zero-order chi connectivity index (χ0) is 11.5. The third-order valence-electron chi connectivity index (χ3n) is 2.02. The Morgan fingerprint density at radius 3 is 3.00 bits per heavy atom. The average Bonchev–Trinajstić information content (AvgIpc) is 2.67. The Kier molecular flexibility index (Phi) is 2.91. The standard InChI is InChI=1S/C9H11ClN6/c1-16-3-2-6(15-16)4-12-9-7(10)8(11)13-5-14-9/h2-3,5H,4H2,1H3,(H3,11,12,13,14). The molecule has 2 aromatic heterocycles. The molecular formula is C9H11ClN6. The van der Waals surface area contributed by atoms with Crippen LogP contribution >= 0.6 is 11.6 Å². The van der Waals surface area contributed by atoms with E-state index in [9.17, 15) is 0 Å². The number of nitrogens with zero attached hydrogens (tertiary/aromatic N) is 4. The number of halogens is 1. The highest BCUT2D eigenvalue weighted by molar-refractivity contribution is 6.35. The summed E-state index contributed by atoms with van der Waals surface area (Å²) in [7, 11) is 1.86. The second-order valence-electron chi connectivity index (χ2n) is 3.26. The van der Waals surface area contributed by atoms with Gasteiger partial charge in [0.05, 0.1) is 12.2 Å². The SMILES string of the molecule is Cn1ccc(CNc2ncnc(N)c2Cl)n1. The van der Waals surface area contributed by atoms with Crippen LogP contribution in [0.4, 0.5) is 11.6 Å².